The molecule has 2 rings (SSSR count). The summed E-state index contributed by atoms with van der Waals surface area (Å²) in [6.45, 7) is 1.14. The van der Waals surface area contributed by atoms with Crippen LogP contribution in [-0.2, 0) is 29.0 Å². The lowest BCUT2D eigenvalue weighted by Crippen LogP contribution is -2.62. The van der Waals surface area contributed by atoms with E-state index in [0.717, 1.165) is 20.1 Å². The lowest BCUT2D eigenvalue weighted by molar-refractivity contribution is -0.312. The van der Waals surface area contributed by atoms with Gasteiger partial charge < -0.3 is 19.5 Å². The minimum absolute atomic E-state index is 0.332. The fourth-order valence-electron chi connectivity index (χ4n) is 2.55. The SMILES string of the molecule is COC(=O)/C=C1/C(=O)N2C1S(=O)(=O)[C@@](C)(CCl)[C@@H]2C(=O)[O-]. The first-order valence-corrected chi connectivity index (χ1v) is 7.84. The van der Waals surface area contributed by atoms with Gasteiger partial charge >= 0.3 is 5.97 Å². The Bertz CT molecular complexity index is 670. The highest BCUT2D eigenvalue weighted by Gasteiger charge is 2.70. The van der Waals surface area contributed by atoms with Gasteiger partial charge in [-0.1, -0.05) is 0 Å². The summed E-state index contributed by atoms with van der Waals surface area (Å²) in [6, 6.07) is -1.70. The molecule has 0 bridgehead atoms. The number of carboxylic acids is 1. The summed E-state index contributed by atoms with van der Waals surface area (Å²) in [5.41, 5.74) is -0.332. The number of β-lactam (4-membered cyclic amide) rings is 1. The Balaban J connectivity index is 2.59. The smallest absolute Gasteiger partial charge is 0.331 e. The molecule has 1 amide bonds. The van der Waals surface area contributed by atoms with Gasteiger partial charge in [-0.15, -0.1) is 11.6 Å². The van der Waals surface area contributed by atoms with Crippen molar-refractivity contribution in [2.45, 2.75) is 23.1 Å². The zero-order valence-electron chi connectivity index (χ0n) is 11.0. The Morgan fingerprint density at radius 2 is 2.10 bits per heavy atom. The van der Waals surface area contributed by atoms with Gasteiger partial charge in [0.05, 0.1) is 24.7 Å². The summed E-state index contributed by atoms with van der Waals surface area (Å²) in [7, 11) is -3.07. The van der Waals surface area contributed by atoms with Gasteiger partial charge in [0.25, 0.3) is 5.91 Å². The van der Waals surface area contributed by atoms with Crippen LogP contribution in [0, 0.1) is 0 Å². The predicted molar refractivity (Wildman–Crippen MR) is 67.6 cm³/mol. The van der Waals surface area contributed by atoms with Crippen molar-refractivity contribution in [2.75, 3.05) is 13.0 Å². The van der Waals surface area contributed by atoms with Gasteiger partial charge in [-0.2, -0.15) is 0 Å². The zero-order valence-corrected chi connectivity index (χ0v) is 12.6. The standard InChI is InChI=1S/C11H12ClNO7S/c1-11(4-12)7(10(16)17)13-8(15)5(3-6(14)20-2)9(13)21(11,18)19/h3,7,9H,4H2,1-2H3,(H,16,17)/p-1/b5-3-/t7-,9?,11-/m0/s1. The molecule has 10 heteroatoms. The summed E-state index contributed by atoms with van der Waals surface area (Å²) in [5.74, 6) is -4.01. The van der Waals surface area contributed by atoms with Gasteiger partial charge in [-0.25, -0.2) is 13.2 Å². The van der Waals surface area contributed by atoms with Crippen molar-refractivity contribution < 1.29 is 32.6 Å². The summed E-state index contributed by atoms with van der Waals surface area (Å²) >= 11 is 5.64. The molecule has 0 spiro atoms. The van der Waals surface area contributed by atoms with E-state index in [9.17, 15) is 27.9 Å². The van der Waals surface area contributed by atoms with Crippen molar-refractivity contribution in [2.24, 2.45) is 0 Å². The molecule has 2 fully saturated rings. The molecule has 2 aliphatic rings. The van der Waals surface area contributed by atoms with Crippen LogP contribution in [0.2, 0.25) is 0 Å². The number of alkyl halides is 1. The third kappa shape index (κ3) is 1.80. The minimum atomic E-state index is -4.13. The number of hydrogen-bond donors (Lipinski definition) is 0. The summed E-state index contributed by atoms with van der Waals surface area (Å²) < 4.78 is 27.4. The first-order valence-electron chi connectivity index (χ1n) is 5.76. The molecule has 0 saturated carbocycles. The van der Waals surface area contributed by atoms with E-state index in [1.54, 1.807) is 0 Å². The van der Waals surface area contributed by atoms with Crippen LogP contribution < -0.4 is 5.11 Å². The van der Waals surface area contributed by atoms with Gasteiger partial charge in [0.1, 0.15) is 4.75 Å². The predicted octanol–water partition coefficient (Wildman–Crippen LogP) is -2.20. The molecule has 0 radical (unpaired) electrons. The van der Waals surface area contributed by atoms with E-state index >= 15 is 0 Å². The largest absolute Gasteiger partial charge is 0.548 e. The second-order valence-corrected chi connectivity index (χ2v) is 7.64. The maximum absolute atomic E-state index is 12.5. The number of sulfone groups is 1. The van der Waals surface area contributed by atoms with E-state index in [0.29, 0.717) is 4.90 Å². The highest BCUT2D eigenvalue weighted by atomic mass is 35.5. The summed E-state index contributed by atoms with van der Waals surface area (Å²) in [5, 5.41) is 9.73. The highest BCUT2D eigenvalue weighted by molar-refractivity contribution is 7.94. The highest BCUT2D eigenvalue weighted by Crippen LogP contribution is 2.48. The maximum Gasteiger partial charge on any atom is 0.331 e. The number of esters is 1. The number of aliphatic carboxylic acids is 1. The van der Waals surface area contributed by atoms with Crippen molar-refractivity contribution in [3.8, 4) is 0 Å². The molecule has 1 unspecified atom stereocenters. The molecule has 8 nitrogen and oxygen atoms in total. The molecule has 3 atom stereocenters. The average Bonchev–Trinajstić information content (AvgIpc) is 2.59. The Labute approximate surface area is 125 Å². The van der Waals surface area contributed by atoms with E-state index in [1.165, 1.54) is 0 Å². The van der Waals surface area contributed by atoms with Crippen LogP contribution in [0.3, 0.4) is 0 Å². The number of hydrogen-bond acceptors (Lipinski definition) is 7. The van der Waals surface area contributed by atoms with Gasteiger partial charge in [0.15, 0.2) is 15.2 Å². The monoisotopic (exact) mass is 336 g/mol. The summed E-state index contributed by atoms with van der Waals surface area (Å²) in [6.07, 6.45) is 0.743. The molecular weight excluding hydrogens is 326 g/mol. The second-order valence-electron chi connectivity index (χ2n) is 4.90. The zero-order chi connectivity index (χ0) is 16.2. The Morgan fingerprint density at radius 1 is 1.52 bits per heavy atom. The number of fused-ring (bicyclic) bond motifs is 1. The van der Waals surface area contributed by atoms with Crippen LogP contribution in [0.25, 0.3) is 0 Å². The van der Waals surface area contributed by atoms with E-state index in [1.807, 2.05) is 0 Å². The number of carbonyl (C=O) groups excluding carboxylic acids is 3. The van der Waals surface area contributed by atoms with Crippen LogP contribution >= 0.6 is 11.6 Å². The second kappa shape index (κ2) is 4.70. The van der Waals surface area contributed by atoms with Crippen LogP contribution in [0.15, 0.2) is 11.6 Å². The molecule has 21 heavy (non-hydrogen) atoms. The quantitative estimate of drug-likeness (QED) is 0.248. The van der Waals surface area contributed by atoms with Crippen molar-refractivity contribution >= 4 is 39.3 Å². The van der Waals surface area contributed by atoms with Gasteiger partial charge in [0.2, 0.25) is 0 Å². The van der Waals surface area contributed by atoms with Crippen LogP contribution in [-0.4, -0.2) is 60.3 Å². The number of nitrogens with zero attached hydrogens (tertiary/aromatic N) is 1. The van der Waals surface area contributed by atoms with Crippen LogP contribution in [0.5, 0.6) is 0 Å². The third-order valence-electron chi connectivity index (χ3n) is 3.76. The van der Waals surface area contributed by atoms with E-state index < -0.39 is 49.7 Å². The molecule has 2 aliphatic heterocycles. The molecule has 0 aliphatic carbocycles. The van der Waals surface area contributed by atoms with Gasteiger partial charge in [-0.05, 0) is 6.92 Å². The maximum atomic E-state index is 12.5. The number of ether oxygens (including phenoxy) is 1. The fraction of sp³-hybridized carbons (Fsp3) is 0.545. The van der Waals surface area contributed by atoms with Crippen molar-refractivity contribution in [3.05, 3.63) is 11.6 Å². The van der Waals surface area contributed by atoms with Crippen LogP contribution in [0.4, 0.5) is 0 Å². The number of methoxy groups -OCH3 is 1. The van der Waals surface area contributed by atoms with Crippen molar-refractivity contribution in [1.29, 1.82) is 0 Å². The van der Waals surface area contributed by atoms with Gasteiger partial charge in [-0.3, -0.25) is 4.79 Å². The molecule has 0 aromatic rings. The minimum Gasteiger partial charge on any atom is -0.548 e. The van der Waals surface area contributed by atoms with Crippen LogP contribution in [0.1, 0.15) is 6.92 Å². The summed E-state index contributed by atoms with van der Waals surface area (Å²) in [4.78, 5) is 35.1. The first-order chi connectivity index (χ1) is 9.63. The Hall–Kier alpha value is -1.61. The van der Waals surface area contributed by atoms with E-state index in [-0.39, 0.29) is 5.57 Å². The number of carbonyl (C=O) groups is 3. The van der Waals surface area contributed by atoms with E-state index in [2.05, 4.69) is 4.74 Å². The lowest BCUT2D eigenvalue weighted by Gasteiger charge is -2.39. The molecule has 0 aromatic heterocycles. The Morgan fingerprint density at radius 3 is 2.52 bits per heavy atom. The number of carboxylic acid groups (broad SMARTS) is 1. The Kier molecular flexibility index (Phi) is 3.53. The fourth-order valence-corrected chi connectivity index (χ4v) is 5.36. The molecule has 0 N–H and O–H groups in total. The molecule has 2 heterocycles. The molecule has 2 saturated heterocycles. The van der Waals surface area contributed by atoms with E-state index in [4.69, 9.17) is 11.6 Å². The number of amides is 1. The third-order valence-corrected chi connectivity index (χ3v) is 7.21. The number of halogens is 1. The van der Waals surface area contributed by atoms with Crippen molar-refractivity contribution in [1.82, 2.24) is 4.90 Å². The normalized spacial score (nSPS) is 35.3. The first kappa shape index (κ1) is 15.8. The average molecular weight is 337 g/mol. The lowest BCUT2D eigenvalue weighted by atomic mass is 9.95. The number of rotatable bonds is 3. The van der Waals surface area contributed by atoms with Crippen molar-refractivity contribution in [3.63, 3.8) is 0 Å². The molecule has 0 aromatic carbocycles. The molecular formula is C11H11ClNO7S-. The molecule has 116 valence electrons. The van der Waals surface area contributed by atoms with Gasteiger partial charge in [0, 0.05) is 12.0 Å². The topological polar surface area (TPSA) is 121 Å².